The van der Waals surface area contributed by atoms with Crippen LogP contribution in [-0.2, 0) is 6.42 Å². The number of halogens is 2. The molecule has 0 aliphatic rings. The van der Waals surface area contributed by atoms with Gasteiger partial charge in [-0.05, 0) is 38.1 Å². The molecule has 18 heavy (non-hydrogen) atoms. The molecule has 0 saturated carbocycles. The van der Waals surface area contributed by atoms with Crippen molar-refractivity contribution in [1.82, 2.24) is 10.3 Å². The van der Waals surface area contributed by atoms with Crippen LogP contribution in [0.2, 0.25) is 5.02 Å². The average molecular weight is 285 g/mol. The van der Waals surface area contributed by atoms with Gasteiger partial charge in [0.05, 0.1) is 5.01 Å². The van der Waals surface area contributed by atoms with Crippen LogP contribution in [0.15, 0.2) is 24.4 Å². The third-order valence-corrected chi connectivity index (χ3v) is 4.15. The maximum Gasteiger partial charge on any atom is 0.124 e. The molecule has 0 amide bonds. The van der Waals surface area contributed by atoms with E-state index in [1.807, 2.05) is 20.2 Å². The van der Waals surface area contributed by atoms with Crippen LogP contribution in [-0.4, -0.2) is 12.0 Å². The van der Waals surface area contributed by atoms with E-state index in [1.165, 1.54) is 12.1 Å². The van der Waals surface area contributed by atoms with Gasteiger partial charge in [0.25, 0.3) is 0 Å². The van der Waals surface area contributed by atoms with Gasteiger partial charge in [-0.2, -0.15) is 0 Å². The summed E-state index contributed by atoms with van der Waals surface area (Å²) >= 11 is 7.70. The van der Waals surface area contributed by atoms with Crippen LogP contribution in [0.4, 0.5) is 4.39 Å². The minimum absolute atomic E-state index is 0.152. The Morgan fingerprint density at radius 1 is 1.50 bits per heavy atom. The lowest BCUT2D eigenvalue weighted by molar-refractivity contribution is 0.597. The Kier molecular flexibility index (Phi) is 4.32. The molecule has 0 radical (unpaired) electrons. The Labute approximate surface area is 115 Å². The molecule has 1 aromatic heterocycles. The molecule has 2 rings (SSSR count). The molecule has 0 spiro atoms. The lowest BCUT2D eigenvalue weighted by Gasteiger charge is -2.15. The van der Waals surface area contributed by atoms with Crippen molar-refractivity contribution in [1.29, 1.82) is 0 Å². The largest absolute Gasteiger partial charge is 0.312 e. The molecule has 2 aromatic rings. The SMILES string of the molecule is CNC(Cc1ccc(F)cc1Cl)c1cnc(C)s1. The molecule has 2 nitrogen and oxygen atoms in total. The minimum Gasteiger partial charge on any atom is -0.312 e. The van der Waals surface area contributed by atoms with Crippen molar-refractivity contribution < 1.29 is 4.39 Å². The van der Waals surface area contributed by atoms with Crippen LogP contribution in [0.5, 0.6) is 0 Å². The van der Waals surface area contributed by atoms with E-state index in [0.29, 0.717) is 5.02 Å². The second-order valence-corrected chi connectivity index (χ2v) is 5.74. The highest BCUT2D eigenvalue weighted by atomic mass is 35.5. The van der Waals surface area contributed by atoms with Crippen LogP contribution >= 0.6 is 22.9 Å². The Morgan fingerprint density at radius 3 is 2.83 bits per heavy atom. The Bertz CT molecular complexity index is 542. The van der Waals surface area contributed by atoms with E-state index in [4.69, 9.17) is 11.6 Å². The van der Waals surface area contributed by atoms with Crippen molar-refractivity contribution in [2.24, 2.45) is 0 Å². The Morgan fingerprint density at radius 2 is 2.28 bits per heavy atom. The predicted octanol–water partition coefficient (Wildman–Crippen LogP) is 3.75. The zero-order valence-electron chi connectivity index (χ0n) is 10.2. The van der Waals surface area contributed by atoms with Crippen LogP contribution in [0.1, 0.15) is 21.5 Å². The van der Waals surface area contributed by atoms with Crippen LogP contribution < -0.4 is 5.32 Å². The quantitative estimate of drug-likeness (QED) is 0.925. The first-order valence-electron chi connectivity index (χ1n) is 5.63. The predicted molar refractivity (Wildman–Crippen MR) is 73.8 cm³/mol. The molecule has 0 aliphatic carbocycles. The number of nitrogens with zero attached hydrogens (tertiary/aromatic N) is 1. The fourth-order valence-electron chi connectivity index (χ4n) is 1.79. The number of hydrogen-bond acceptors (Lipinski definition) is 3. The van der Waals surface area contributed by atoms with E-state index < -0.39 is 0 Å². The van der Waals surface area contributed by atoms with Gasteiger partial charge < -0.3 is 5.32 Å². The fraction of sp³-hybridized carbons (Fsp3) is 0.308. The highest BCUT2D eigenvalue weighted by molar-refractivity contribution is 7.11. The van der Waals surface area contributed by atoms with Crippen LogP contribution in [0.3, 0.4) is 0 Å². The Hall–Kier alpha value is -0.970. The molecule has 1 unspecified atom stereocenters. The number of likely N-dealkylation sites (N-methyl/N-ethyl adjacent to an activating group) is 1. The third-order valence-electron chi connectivity index (χ3n) is 2.77. The third kappa shape index (κ3) is 3.07. The van der Waals surface area contributed by atoms with E-state index in [2.05, 4.69) is 10.3 Å². The summed E-state index contributed by atoms with van der Waals surface area (Å²) in [6, 6.07) is 4.67. The summed E-state index contributed by atoms with van der Waals surface area (Å²) in [6.45, 7) is 1.98. The van der Waals surface area contributed by atoms with Gasteiger partial charge in [0, 0.05) is 22.1 Å². The number of aromatic nitrogens is 1. The van der Waals surface area contributed by atoms with Crippen molar-refractivity contribution in [2.45, 2.75) is 19.4 Å². The average Bonchev–Trinajstić information content (AvgIpc) is 2.75. The van der Waals surface area contributed by atoms with Gasteiger partial charge in [-0.3, -0.25) is 0 Å². The van der Waals surface area contributed by atoms with Gasteiger partial charge >= 0.3 is 0 Å². The molecule has 1 heterocycles. The fourth-order valence-corrected chi connectivity index (χ4v) is 2.93. The van der Waals surface area contributed by atoms with Crippen molar-refractivity contribution in [3.05, 3.63) is 50.7 Å². The lowest BCUT2D eigenvalue weighted by Crippen LogP contribution is -2.17. The summed E-state index contributed by atoms with van der Waals surface area (Å²) in [5, 5.41) is 4.75. The van der Waals surface area contributed by atoms with E-state index >= 15 is 0 Å². The first kappa shape index (κ1) is 13.5. The lowest BCUT2D eigenvalue weighted by atomic mass is 10.1. The molecule has 1 atom stereocenters. The molecule has 0 fully saturated rings. The van der Waals surface area contributed by atoms with E-state index in [-0.39, 0.29) is 11.9 Å². The normalized spacial score (nSPS) is 12.7. The second kappa shape index (κ2) is 5.78. The van der Waals surface area contributed by atoms with Crippen molar-refractivity contribution in [2.75, 3.05) is 7.05 Å². The molecule has 1 aromatic carbocycles. The van der Waals surface area contributed by atoms with Crippen molar-refractivity contribution in [3.63, 3.8) is 0 Å². The molecule has 0 bridgehead atoms. The van der Waals surface area contributed by atoms with Crippen molar-refractivity contribution in [3.8, 4) is 0 Å². The summed E-state index contributed by atoms with van der Waals surface area (Å²) in [5.74, 6) is -0.307. The maximum absolute atomic E-state index is 13.0. The monoisotopic (exact) mass is 284 g/mol. The minimum atomic E-state index is -0.307. The first-order chi connectivity index (χ1) is 8.60. The van der Waals surface area contributed by atoms with Crippen molar-refractivity contribution >= 4 is 22.9 Å². The van der Waals surface area contributed by atoms with E-state index in [9.17, 15) is 4.39 Å². The summed E-state index contributed by atoms with van der Waals surface area (Å²) in [5.41, 5.74) is 0.934. The zero-order valence-corrected chi connectivity index (χ0v) is 11.8. The van der Waals surface area contributed by atoms with Crippen LogP contribution in [0.25, 0.3) is 0 Å². The smallest absolute Gasteiger partial charge is 0.124 e. The molecular weight excluding hydrogens is 271 g/mol. The topological polar surface area (TPSA) is 24.9 Å². The number of aryl methyl sites for hydroxylation is 1. The van der Waals surface area contributed by atoms with Gasteiger partial charge in [0.2, 0.25) is 0 Å². The van der Waals surface area contributed by atoms with Gasteiger partial charge in [-0.25, -0.2) is 9.37 Å². The first-order valence-corrected chi connectivity index (χ1v) is 6.83. The summed E-state index contributed by atoms with van der Waals surface area (Å²) in [4.78, 5) is 5.41. The highest BCUT2D eigenvalue weighted by Crippen LogP contribution is 2.27. The number of thiazole rings is 1. The van der Waals surface area contributed by atoms with Gasteiger partial charge in [0.1, 0.15) is 5.82 Å². The summed E-state index contributed by atoms with van der Waals surface area (Å²) in [6.07, 6.45) is 2.59. The maximum atomic E-state index is 13.0. The highest BCUT2D eigenvalue weighted by Gasteiger charge is 2.14. The van der Waals surface area contributed by atoms with E-state index in [1.54, 1.807) is 17.4 Å². The summed E-state index contributed by atoms with van der Waals surface area (Å²) in [7, 11) is 1.90. The Balaban J connectivity index is 2.20. The number of benzene rings is 1. The molecule has 96 valence electrons. The standard InChI is InChI=1S/C13H14ClFN2S/c1-8-17-7-13(18-8)12(16-2)5-9-3-4-10(15)6-11(9)14/h3-4,6-7,12,16H,5H2,1-2H3. The van der Waals surface area contributed by atoms with Gasteiger partial charge in [-0.15, -0.1) is 11.3 Å². The van der Waals surface area contributed by atoms with Crippen LogP contribution in [0, 0.1) is 12.7 Å². The molecule has 5 heteroatoms. The number of nitrogens with one attached hydrogen (secondary N) is 1. The summed E-state index contributed by atoms with van der Waals surface area (Å²) < 4.78 is 13.0. The zero-order chi connectivity index (χ0) is 13.1. The molecule has 1 N–H and O–H groups in total. The number of rotatable bonds is 4. The van der Waals surface area contributed by atoms with Gasteiger partial charge in [-0.1, -0.05) is 17.7 Å². The molecule has 0 saturated heterocycles. The van der Waals surface area contributed by atoms with E-state index in [0.717, 1.165) is 21.9 Å². The van der Waals surface area contributed by atoms with Gasteiger partial charge in [0.15, 0.2) is 0 Å². The number of hydrogen-bond donors (Lipinski definition) is 1. The second-order valence-electron chi connectivity index (χ2n) is 4.06. The molecular formula is C13H14ClFN2S. The molecule has 0 aliphatic heterocycles.